The minimum absolute atomic E-state index is 0.0930. The van der Waals surface area contributed by atoms with Crippen LogP contribution in [-0.2, 0) is 71.4 Å². The molecule has 2 heterocycles. The van der Waals surface area contributed by atoms with Crippen molar-refractivity contribution >= 4 is 35.8 Å². The predicted octanol–water partition coefficient (Wildman–Crippen LogP) is 0.807. The molecule has 2 saturated heterocycles. The molecule has 1 aromatic carbocycles. The first kappa shape index (κ1) is 38.1. The van der Waals surface area contributed by atoms with E-state index in [-0.39, 0.29) is 6.42 Å². The van der Waals surface area contributed by atoms with Crippen LogP contribution in [0.5, 0.6) is 5.75 Å². The molecular formula is C31H40O17. The molecule has 0 unspecified atom stereocenters. The van der Waals surface area contributed by atoms with Gasteiger partial charge in [0.1, 0.15) is 36.8 Å². The summed E-state index contributed by atoms with van der Waals surface area (Å²) in [5, 5.41) is 11.8. The van der Waals surface area contributed by atoms with Gasteiger partial charge in [-0.1, -0.05) is 19.1 Å². The summed E-state index contributed by atoms with van der Waals surface area (Å²) in [6, 6.07) is 6.39. The van der Waals surface area contributed by atoms with E-state index in [2.05, 4.69) is 0 Å². The van der Waals surface area contributed by atoms with E-state index in [9.17, 15) is 33.9 Å². The molecule has 48 heavy (non-hydrogen) atoms. The van der Waals surface area contributed by atoms with E-state index in [0.717, 1.165) is 34.6 Å². The molecule has 17 nitrogen and oxygen atoms in total. The molecule has 3 rings (SSSR count). The summed E-state index contributed by atoms with van der Waals surface area (Å²) in [6.45, 7) is 6.29. The summed E-state index contributed by atoms with van der Waals surface area (Å²) in [5.41, 5.74) is 0.343. The third-order valence-electron chi connectivity index (χ3n) is 7.02. The fourth-order valence-corrected chi connectivity index (χ4v) is 5.15. The highest BCUT2D eigenvalue weighted by molar-refractivity contribution is 5.70. The van der Waals surface area contributed by atoms with Gasteiger partial charge in [-0.15, -0.1) is 0 Å². The van der Waals surface area contributed by atoms with Gasteiger partial charge in [0.05, 0.1) is 7.11 Å². The number of hydrogen-bond donors (Lipinski definition) is 1. The van der Waals surface area contributed by atoms with Gasteiger partial charge >= 0.3 is 35.8 Å². The second kappa shape index (κ2) is 17.2. The van der Waals surface area contributed by atoms with E-state index >= 15 is 0 Å². The zero-order valence-electron chi connectivity index (χ0n) is 27.5. The summed E-state index contributed by atoms with van der Waals surface area (Å²) < 4.78 is 55.8. The van der Waals surface area contributed by atoms with Gasteiger partial charge in [0, 0.05) is 41.0 Å². The van der Waals surface area contributed by atoms with Crippen LogP contribution in [-0.4, -0.2) is 110 Å². The van der Waals surface area contributed by atoms with Crippen molar-refractivity contribution in [3.8, 4) is 5.75 Å². The quantitative estimate of drug-likeness (QED) is 0.238. The Kier molecular flexibility index (Phi) is 13.7. The van der Waals surface area contributed by atoms with Gasteiger partial charge in [-0.05, 0) is 17.7 Å². The van der Waals surface area contributed by atoms with Crippen LogP contribution in [0.15, 0.2) is 24.3 Å². The Balaban J connectivity index is 2.16. The molecule has 0 aromatic heterocycles. The maximum absolute atomic E-state index is 12.5. The highest BCUT2D eigenvalue weighted by Crippen LogP contribution is 2.39. The van der Waals surface area contributed by atoms with Crippen LogP contribution in [0.3, 0.4) is 0 Å². The van der Waals surface area contributed by atoms with Crippen molar-refractivity contribution in [3.63, 3.8) is 0 Å². The van der Waals surface area contributed by atoms with Crippen LogP contribution >= 0.6 is 0 Å². The number of esters is 6. The Morgan fingerprint density at radius 1 is 0.708 bits per heavy atom. The van der Waals surface area contributed by atoms with E-state index < -0.39 is 104 Å². The summed E-state index contributed by atoms with van der Waals surface area (Å²) in [5.74, 6) is -4.58. The van der Waals surface area contributed by atoms with Crippen molar-refractivity contribution < 1.29 is 81.2 Å². The zero-order valence-corrected chi connectivity index (χ0v) is 27.5. The van der Waals surface area contributed by atoms with Crippen molar-refractivity contribution in [1.29, 1.82) is 0 Å². The number of carbonyl (C=O) groups excluding carboxylic acids is 6. The lowest BCUT2D eigenvalue weighted by molar-refractivity contribution is -0.357. The molecule has 0 saturated carbocycles. The monoisotopic (exact) mass is 684 g/mol. The summed E-state index contributed by atoms with van der Waals surface area (Å²) in [4.78, 5) is 73.2. The Hall–Kier alpha value is -4.32. The summed E-state index contributed by atoms with van der Waals surface area (Å²) in [6.07, 6.45) is -16.0. The van der Waals surface area contributed by atoms with Gasteiger partial charge in [0.25, 0.3) is 0 Å². The van der Waals surface area contributed by atoms with Crippen LogP contribution in [0.4, 0.5) is 0 Å². The standard InChI is InChI=1S/C31H40O17/c1-8-22(37)46-31-28(43-17(5)35)26(23(38)24(47-31)19-10-9-11-20(12-19)39-7)48-30-29(44-18(6)36)27(42-16(4)34)25(41-15(3)33)21(45-30)13-40-14(2)32/h9-12,21,23-31,38H,8,13H2,1-7H3/t21-,23-,24-,25-,26-,27+,28-,29+,30-,31+/m1/s1. The highest BCUT2D eigenvalue weighted by Gasteiger charge is 2.57. The minimum Gasteiger partial charge on any atom is -0.497 e. The molecule has 0 bridgehead atoms. The number of carbonyl (C=O) groups is 6. The van der Waals surface area contributed by atoms with Crippen molar-refractivity contribution in [3.05, 3.63) is 29.8 Å². The Morgan fingerprint density at radius 3 is 1.81 bits per heavy atom. The Morgan fingerprint density at radius 2 is 1.27 bits per heavy atom. The molecule has 1 N–H and O–H groups in total. The highest BCUT2D eigenvalue weighted by atomic mass is 16.8. The number of ether oxygens (including phenoxy) is 10. The van der Waals surface area contributed by atoms with Gasteiger partial charge in [0.2, 0.25) is 6.29 Å². The lowest BCUT2D eigenvalue weighted by Gasteiger charge is -2.48. The van der Waals surface area contributed by atoms with Crippen LogP contribution in [0.25, 0.3) is 0 Å². The average Bonchev–Trinajstić information content (AvgIpc) is 3.00. The SMILES string of the molecule is CCC(=O)O[C@H]1O[C@H](c2cccc(OC)c2)[C@@H](O)[C@@H](O[C@H]2O[C@H](COC(C)=O)[C@@H](OC(C)=O)[C@H](OC(C)=O)[C@@H]2OC(C)=O)[C@H]1OC(C)=O. The summed E-state index contributed by atoms with van der Waals surface area (Å²) in [7, 11) is 1.43. The largest absolute Gasteiger partial charge is 0.497 e. The lowest BCUT2D eigenvalue weighted by Crippen LogP contribution is -2.65. The van der Waals surface area contributed by atoms with Crippen LogP contribution in [0, 0.1) is 0 Å². The van der Waals surface area contributed by atoms with Gasteiger partial charge in [-0.25, -0.2) is 0 Å². The Labute approximate surface area is 275 Å². The van der Waals surface area contributed by atoms with Crippen LogP contribution in [0.1, 0.15) is 59.6 Å². The second-order valence-electron chi connectivity index (χ2n) is 10.8. The molecule has 2 aliphatic rings. The van der Waals surface area contributed by atoms with Gasteiger partial charge < -0.3 is 52.5 Å². The molecule has 1 aromatic rings. The van der Waals surface area contributed by atoms with Gasteiger partial charge in [0.15, 0.2) is 30.7 Å². The minimum atomic E-state index is -1.78. The van der Waals surface area contributed by atoms with Gasteiger partial charge in [-0.2, -0.15) is 0 Å². The number of hydrogen-bond acceptors (Lipinski definition) is 17. The van der Waals surface area contributed by atoms with E-state index in [4.69, 9.17) is 47.4 Å². The maximum Gasteiger partial charge on any atom is 0.307 e. The average molecular weight is 685 g/mol. The second-order valence-corrected chi connectivity index (χ2v) is 10.8. The number of benzene rings is 1. The topological polar surface area (TPSA) is 215 Å². The normalized spacial score (nSPS) is 29.8. The van der Waals surface area contributed by atoms with E-state index in [0.29, 0.717) is 11.3 Å². The fourth-order valence-electron chi connectivity index (χ4n) is 5.15. The number of methoxy groups -OCH3 is 1. The van der Waals surface area contributed by atoms with E-state index in [1.165, 1.54) is 14.0 Å². The third kappa shape index (κ3) is 10.1. The molecule has 10 atom stereocenters. The first-order valence-electron chi connectivity index (χ1n) is 14.9. The molecule has 0 amide bonds. The molecule has 0 radical (unpaired) electrons. The number of aliphatic hydroxyl groups is 1. The van der Waals surface area contributed by atoms with Crippen molar-refractivity contribution in [2.24, 2.45) is 0 Å². The van der Waals surface area contributed by atoms with Crippen LogP contribution < -0.4 is 4.74 Å². The van der Waals surface area contributed by atoms with Crippen molar-refractivity contribution in [1.82, 2.24) is 0 Å². The first-order valence-corrected chi connectivity index (χ1v) is 14.9. The lowest BCUT2D eigenvalue weighted by atomic mass is 9.92. The van der Waals surface area contributed by atoms with Crippen molar-refractivity contribution in [2.45, 2.75) is 109 Å². The zero-order chi connectivity index (χ0) is 35.7. The summed E-state index contributed by atoms with van der Waals surface area (Å²) >= 11 is 0. The molecule has 2 aliphatic heterocycles. The maximum atomic E-state index is 12.5. The number of rotatable bonds is 12. The van der Waals surface area contributed by atoms with Crippen LogP contribution in [0.2, 0.25) is 0 Å². The third-order valence-corrected chi connectivity index (χ3v) is 7.02. The molecule has 2 fully saturated rings. The Bertz CT molecular complexity index is 1330. The molecule has 266 valence electrons. The molecular weight excluding hydrogens is 644 g/mol. The first-order chi connectivity index (χ1) is 22.6. The fraction of sp³-hybridized carbons (Fsp3) is 0.613. The van der Waals surface area contributed by atoms with E-state index in [1.807, 2.05) is 0 Å². The predicted molar refractivity (Wildman–Crippen MR) is 155 cm³/mol. The van der Waals surface area contributed by atoms with E-state index in [1.54, 1.807) is 24.3 Å². The molecule has 0 aliphatic carbocycles. The molecule has 0 spiro atoms. The number of aliphatic hydroxyl groups excluding tert-OH is 1. The molecule has 17 heteroatoms. The smallest absolute Gasteiger partial charge is 0.307 e. The van der Waals surface area contributed by atoms with Crippen molar-refractivity contribution in [2.75, 3.05) is 13.7 Å². The van der Waals surface area contributed by atoms with Gasteiger partial charge in [-0.3, -0.25) is 28.8 Å².